The molecule has 1 atom stereocenters. The standard InChI is InChI=1S/C20H20F3N5O.CH2O2/c1-28-8-2-3-13(28)10-25-19-16-11-24-7-6-14(16)18(26-27-19)15-5-4-12(9-17(15)29)20(21,22)23;2-1-3/h4-7,9,11,13,29H,2-3,8,10H2,1H3,(H,25,27);1H,(H,2,3)/t13-;/m0./s1. The van der Waals surface area contributed by atoms with Gasteiger partial charge in [-0.1, -0.05) is 0 Å². The van der Waals surface area contributed by atoms with Gasteiger partial charge in [-0.05, 0) is 50.7 Å². The van der Waals surface area contributed by atoms with E-state index in [4.69, 9.17) is 9.90 Å². The number of rotatable bonds is 4. The van der Waals surface area contributed by atoms with Crippen LogP contribution in [0.5, 0.6) is 5.75 Å². The quantitative estimate of drug-likeness (QED) is 0.518. The smallest absolute Gasteiger partial charge is 0.416 e. The molecule has 1 saturated heterocycles. The Labute approximate surface area is 181 Å². The molecule has 0 saturated carbocycles. The van der Waals surface area contributed by atoms with E-state index >= 15 is 0 Å². The Morgan fingerprint density at radius 3 is 2.62 bits per heavy atom. The molecule has 8 nitrogen and oxygen atoms in total. The number of carboxylic acid groups (broad SMARTS) is 1. The molecule has 1 aromatic carbocycles. The molecule has 1 aliphatic heterocycles. The van der Waals surface area contributed by atoms with Crippen molar-refractivity contribution < 1.29 is 28.2 Å². The summed E-state index contributed by atoms with van der Waals surface area (Å²) >= 11 is 0. The van der Waals surface area contributed by atoms with E-state index in [1.54, 1.807) is 18.5 Å². The highest BCUT2D eigenvalue weighted by Gasteiger charge is 2.31. The number of phenolic OH excluding ortho intramolecular Hbond substituents is 1. The molecule has 0 bridgehead atoms. The van der Waals surface area contributed by atoms with Crippen LogP contribution in [-0.4, -0.2) is 62.9 Å². The molecule has 3 aromatic rings. The number of benzene rings is 1. The van der Waals surface area contributed by atoms with E-state index in [9.17, 15) is 18.3 Å². The molecule has 0 spiro atoms. The highest BCUT2D eigenvalue weighted by Crippen LogP contribution is 2.38. The van der Waals surface area contributed by atoms with Gasteiger partial charge in [0.05, 0.1) is 5.56 Å². The number of alkyl halides is 3. The van der Waals surface area contributed by atoms with Gasteiger partial charge in [-0.3, -0.25) is 9.78 Å². The lowest BCUT2D eigenvalue weighted by atomic mass is 10.0. The molecule has 1 aliphatic rings. The fourth-order valence-corrected chi connectivity index (χ4v) is 3.69. The van der Waals surface area contributed by atoms with Crippen LogP contribution in [0.4, 0.5) is 19.0 Å². The molecule has 0 amide bonds. The van der Waals surface area contributed by atoms with E-state index < -0.39 is 17.5 Å². The maximum Gasteiger partial charge on any atom is 0.416 e. The first kappa shape index (κ1) is 23.2. The number of pyridine rings is 1. The molecule has 32 heavy (non-hydrogen) atoms. The molecular formula is C21H22F3N5O3. The summed E-state index contributed by atoms with van der Waals surface area (Å²) < 4.78 is 38.7. The number of nitrogens with one attached hydrogen (secondary N) is 1. The maximum absolute atomic E-state index is 12.9. The summed E-state index contributed by atoms with van der Waals surface area (Å²) in [5.41, 5.74) is -0.433. The number of fused-ring (bicyclic) bond motifs is 1. The molecular weight excluding hydrogens is 427 g/mol. The first-order chi connectivity index (χ1) is 15.3. The number of nitrogens with zero attached hydrogens (tertiary/aromatic N) is 4. The summed E-state index contributed by atoms with van der Waals surface area (Å²) in [5.74, 6) is 0.0593. The van der Waals surface area contributed by atoms with E-state index in [-0.39, 0.29) is 12.0 Å². The summed E-state index contributed by atoms with van der Waals surface area (Å²) in [7, 11) is 2.08. The van der Waals surface area contributed by atoms with Crippen LogP contribution in [0.1, 0.15) is 18.4 Å². The average molecular weight is 449 g/mol. The fourth-order valence-electron chi connectivity index (χ4n) is 3.69. The first-order valence-electron chi connectivity index (χ1n) is 9.79. The van der Waals surface area contributed by atoms with E-state index in [1.807, 2.05) is 0 Å². The van der Waals surface area contributed by atoms with Gasteiger partial charge in [0.2, 0.25) is 0 Å². The van der Waals surface area contributed by atoms with Crippen molar-refractivity contribution in [3.8, 4) is 17.0 Å². The summed E-state index contributed by atoms with van der Waals surface area (Å²) in [5, 5.41) is 30.2. The molecule has 3 heterocycles. The largest absolute Gasteiger partial charge is 0.507 e. The third-order valence-corrected chi connectivity index (χ3v) is 5.34. The lowest BCUT2D eigenvalue weighted by Crippen LogP contribution is -2.31. The Hall–Kier alpha value is -3.47. The van der Waals surface area contributed by atoms with E-state index in [2.05, 4.69) is 32.4 Å². The first-order valence-corrected chi connectivity index (χ1v) is 9.79. The Morgan fingerprint density at radius 2 is 2.00 bits per heavy atom. The van der Waals surface area contributed by atoms with Gasteiger partial charge in [0, 0.05) is 41.3 Å². The fraction of sp³-hybridized carbons (Fsp3) is 0.333. The van der Waals surface area contributed by atoms with Gasteiger partial charge in [-0.25, -0.2) is 0 Å². The number of likely N-dealkylation sites (N-methyl/N-ethyl adjacent to an activating group) is 1. The van der Waals surface area contributed by atoms with Gasteiger partial charge < -0.3 is 20.4 Å². The number of aromatic nitrogens is 3. The van der Waals surface area contributed by atoms with Crippen molar-refractivity contribution in [2.24, 2.45) is 0 Å². The monoisotopic (exact) mass is 449 g/mol. The topological polar surface area (TPSA) is 111 Å². The van der Waals surface area contributed by atoms with Gasteiger partial charge in [0.15, 0.2) is 5.82 Å². The zero-order valence-corrected chi connectivity index (χ0v) is 17.2. The highest BCUT2D eigenvalue weighted by molar-refractivity contribution is 6.00. The van der Waals surface area contributed by atoms with Crippen LogP contribution in [0.3, 0.4) is 0 Å². The van der Waals surface area contributed by atoms with Gasteiger partial charge in [0.1, 0.15) is 11.4 Å². The Bertz CT molecular complexity index is 1090. The number of phenols is 1. The Kier molecular flexibility index (Phi) is 7.08. The van der Waals surface area contributed by atoms with Crippen LogP contribution in [0.25, 0.3) is 22.0 Å². The second kappa shape index (κ2) is 9.77. The number of aromatic hydroxyl groups is 1. The molecule has 170 valence electrons. The van der Waals surface area contributed by atoms with Gasteiger partial charge in [-0.15, -0.1) is 10.2 Å². The van der Waals surface area contributed by atoms with Crippen LogP contribution < -0.4 is 5.32 Å². The molecule has 1 fully saturated rings. The summed E-state index contributed by atoms with van der Waals surface area (Å²) in [6.45, 7) is 1.52. The van der Waals surface area contributed by atoms with Crippen molar-refractivity contribution in [1.82, 2.24) is 20.1 Å². The minimum Gasteiger partial charge on any atom is -0.507 e. The predicted molar refractivity (Wildman–Crippen MR) is 112 cm³/mol. The van der Waals surface area contributed by atoms with Gasteiger partial charge >= 0.3 is 6.18 Å². The van der Waals surface area contributed by atoms with Crippen molar-refractivity contribution in [1.29, 1.82) is 0 Å². The second-order valence-electron chi connectivity index (χ2n) is 7.31. The number of carbonyl (C=O) groups is 1. The zero-order chi connectivity index (χ0) is 23.3. The highest BCUT2D eigenvalue weighted by atomic mass is 19.4. The summed E-state index contributed by atoms with van der Waals surface area (Å²) in [4.78, 5) is 14.8. The minimum atomic E-state index is -4.53. The Balaban J connectivity index is 0.000000913. The number of anilines is 1. The maximum atomic E-state index is 12.9. The third kappa shape index (κ3) is 5.05. The van der Waals surface area contributed by atoms with E-state index in [1.165, 1.54) is 6.07 Å². The zero-order valence-electron chi connectivity index (χ0n) is 17.2. The average Bonchev–Trinajstić information content (AvgIpc) is 3.17. The van der Waals surface area contributed by atoms with Crippen molar-refractivity contribution in [3.63, 3.8) is 0 Å². The lowest BCUT2D eigenvalue weighted by Gasteiger charge is -2.20. The van der Waals surface area contributed by atoms with E-state index in [0.29, 0.717) is 40.9 Å². The Morgan fingerprint density at radius 1 is 1.25 bits per heavy atom. The molecule has 0 radical (unpaired) electrons. The SMILES string of the molecule is CN1CCC[C@H]1CNc1nnc(-c2ccc(C(F)(F)F)cc2O)c2ccncc12.O=CO. The van der Waals surface area contributed by atoms with Crippen LogP contribution in [-0.2, 0) is 11.0 Å². The van der Waals surface area contributed by atoms with Gasteiger partial charge in [-0.2, -0.15) is 13.2 Å². The van der Waals surface area contributed by atoms with Crippen molar-refractivity contribution in [3.05, 3.63) is 42.2 Å². The molecule has 4 rings (SSSR count). The number of halogens is 3. The van der Waals surface area contributed by atoms with Crippen LogP contribution >= 0.6 is 0 Å². The molecule has 11 heteroatoms. The van der Waals surface area contributed by atoms with Crippen LogP contribution in [0.2, 0.25) is 0 Å². The van der Waals surface area contributed by atoms with Crippen molar-refractivity contribution in [2.75, 3.05) is 25.5 Å². The number of hydrogen-bond acceptors (Lipinski definition) is 7. The number of likely N-dealkylation sites (tertiary alicyclic amines) is 1. The number of hydrogen-bond donors (Lipinski definition) is 3. The molecule has 0 unspecified atom stereocenters. The summed E-state index contributed by atoms with van der Waals surface area (Å²) in [6, 6.07) is 4.95. The third-order valence-electron chi connectivity index (χ3n) is 5.34. The van der Waals surface area contributed by atoms with Crippen molar-refractivity contribution in [2.45, 2.75) is 25.1 Å². The molecule has 2 aromatic heterocycles. The lowest BCUT2D eigenvalue weighted by molar-refractivity contribution is -0.137. The predicted octanol–water partition coefficient (Wildman–Crippen LogP) is 3.62. The van der Waals surface area contributed by atoms with Gasteiger partial charge in [0.25, 0.3) is 6.47 Å². The minimum absolute atomic E-state index is 0.184. The molecule has 0 aliphatic carbocycles. The summed E-state index contributed by atoms with van der Waals surface area (Å²) in [6.07, 6.45) is 0.931. The van der Waals surface area contributed by atoms with Crippen LogP contribution in [0.15, 0.2) is 36.7 Å². The second-order valence-corrected chi connectivity index (χ2v) is 7.31. The van der Waals surface area contributed by atoms with Crippen molar-refractivity contribution >= 4 is 23.1 Å². The normalized spacial score (nSPS) is 16.4. The molecule has 3 N–H and O–H groups in total. The van der Waals surface area contributed by atoms with Crippen LogP contribution in [0, 0.1) is 0 Å². The van der Waals surface area contributed by atoms with E-state index in [0.717, 1.165) is 25.5 Å².